The molecule has 4 rings (SSSR count). The summed E-state index contributed by atoms with van der Waals surface area (Å²) in [6.07, 6.45) is 3.29. The topological polar surface area (TPSA) is 100 Å². The lowest BCUT2D eigenvalue weighted by atomic mass is 10.2. The number of hydrogen-bond acceptors (Lipinski definition) is 6. The van der Waals surface area contributed by atoms with E-state index in [2.05, 4.69) is 9.97 Å². The zero-order valence-electron chi connectivity index (χ0n) is 14.5. The fraction of sp³-hybridized carbons (Fsp3) is 0.111. The molecule has 0 unspecified atom stereocenters. The van der Waals surface area contributed by atoms with Crippen molar-refractivity contribution in [3.05, 3.63) is 55.7 Å². The molecule has 0 bridgehead atoms. The highest BCUT2D eigenvalue weighted by Gasteiger charge is 2.13. The quantitative estimate of drug-likeness (QED) is 0.365. The van der Waals surface area contributed by atoms with Crippen molar-refractivity contribution in [2.75, 3.05) is 0 Å². The summed E-state index contributed by atoms with van der Waals surface area (Å²) in [5.41, 5.74) is 1.89. The van der Waals surface area contributed by atoms with Gasteiger partial charge in [0.25, 0.3) is 0 Å². The van der Waals surface area contributed by atoms with Crippen molar-refractivity contribution in [3.8, 4) is 0 Å². The number of pyridine rings is 2. The number of thiophene rings is 2. The minimum atomic E-state index is -0.929. The van der Waals surface area contributed by atoms with Crippen LogP contribution in [0.15, 0.2) is 24.5 Å². The van der Waals surface area contributed by atoms with Gasteiger partial charge in [0.1, 0.15) is 20.1 Å². The van der Waals surface area contributed by atoms with Gasteiger partial charge in [-0.05, 0) is 37.1 Å². The fourth-order valence-corrected chi connectivity index (χ4v) is 4.88. The molecule has 4 heterocycles. The van der Waals surface area contributed by atoms with Crippen molar-refractivity contribution in [1.82, 2.24) is 9.97 Å². The number of aromatic carboxylic acids is 2. The SMILES string of the molecule is Cc1cnc(Cl)c2cc(C(=O)O)sc12.Cc1cnc(Cl)c2cc(C(=O)O)sc12. The van der Waals surface area contributed by atoms with Gasteiger partial charge in [-0.1, -0.05) is 23.2 Å². The van der Waals surface area contributed by atoms with Crippen LogP contribution in [0.25, 0.3) is 20.2 Å². The zero-order valence-corrected chi connectivity index (χ0v) is 17.6. The van der Waals surface area contributed by atoms with E-state index in [-0.39, 0.29) is 9.75 Å². The molecule has 4 aromatic rings. The van der Waals surface area contributed by atoms with Crippen LogP contribution in [0, 0.1) is 13.8 Å². The number of aromatic nitrogens is 2. The molecule has 2 N–H and O–H groups in total. The van der Waals surface area contributed by atoms with Crippen LogP contribution in [-0.2, 0) is 0 Å². The molecule has 4 aromatic heterocycles. The second-order valence-electron chi connectivity index (χ2n) is 5.78. The molecule has 0 saturated carbocycles. The Morgan fingerprint density at radius 3 is 1.46 bits per heavy atom. The predicted octanol–water partition coefficient (Wildman–Crippen LogP) is 5.91. The Hall–Kier alpha value is -2.26. The Morgan fingerprint density at radius 2 is 1.18 bits per heavy atom. The number of halogens is 2. The van der Waals surface area contributed by atoms with E-state index in [9.17, 15) is 9.59 Å². The summed E-state index contributed by atoms with van der Waals surface area (Å²) in [6.45, 7) is 3.77. The minimum Gasteiger partial charge on any atom is -0.477 e. The van der Waals surface area contributed by atoms with Gasteiger partial charge in [-0.2, -0.15) is 0 Å². The van der Waals surface area contributed by atoms with Crippen molar-refractivity contribution in [2.45, 2.75) is 13.8 Å². The average Bonchev–Trinajstić information content (AvgIpc) is 3.28. The van der Waals surface area contributed by atoms with E-state index < -0.39 is 11.9 Å². The molecule has 6 nitrogen and oxygen atoms in total. The first-order chi connectivity index (χ1) is 13.2. The van der Waals surface area contributed by atoms with E-state index in [0.29, 0.717) is 21.1 Å². The van der Waals surface area contributed by atoms with Crippen molar-refractivity contribution in [3.63, 3.8) is 0 Å². The monoisotopic (exact) mass is 454 g/mol. The van der Waals surface area contributed by atoms with Gasteiger partial charge in [0, 0.05) is 32.6 Å². The highest BCUT2D eigenvalue weighted by atomic mass is 35.5. The third kappa shape index (κ3) is 3.95. The molecule has 0 aliphatic carbocycles. The van der Waals surface area contributed by atoms with E-state index in [1.54, 1.807) is 24.5 Å². The maximum absolute atomic E-state index is 10.7. The lowest BCUT2D eigenvalue weighted by Gasteiger charge is -1.95. The molecule has 0 fully saturated rings. The highest BCUT2D eigenvalue weighted by molar-refractivity contribution is 7.21. The van der Waals surface area contributed by atoms with Crippen LogP contribution in [0.3, 0.4) is 0 Å². The molecule has 0 radical (unpaired) electrons. The summed E-state index contributed by atoms with van der Waals surface area (Å²) < 4.78 is 1.78. The Labute approximate surface area is 177 Å². The first-order valence-corrected chi connectivity index (χ1v) is 10.1. The Bertz CT molecular complexity index is 1060. The smallest absolute Gasteiger partial charge is 0.345 e. The molecule has 0 aliphatic heterocycles. The summed E-state index contributed by atoms with van der Waals surface area (Å²) >= 11 is 14.1. The summed E-state index contributed by atoms with van der Waals surface area (Å²) in [6, 6.07) is 3.12. The Morgan fingerprint density at radius 1 is 0.821 bits per heavy atom. The van der Waals surface area contributed by atoms with Crippen LogP contribution in [0.1, 0.15) is 30.5 Å². The number of rotatable bonds is 2. The third-order valence-corrected chi connectivity index (χ3v) is 6.91. The molecule has 10 heteroatoms. The molecular formula is C18H12Cl2N2O4S2. The fourth-order valence-electron chi connectivity index (χ4n) is 2.45. The molecular weight excluding hydrogens is 443 g/mol. The lowest BCUT2D eigenvalue weighted by Crippen LogP contribution is -1.89. The molecule has 0 aliphatic rings. The zero-order chi connectivity index (χ0) is 20.6. The van der Waals surface area contributed by atoms with Crippen LogP contribution in [0.5, 0.6) is 0 Å². The average molecular weight is 455 g/mol. The number of hydrogen-bond donors (Lipinski definition) is 2. The van der Waals surface area contributed by atoms with Gasteiger partial charge in [-0.3, -0.25) is 0 Å². The molecule has 0 spiro atoms. The first-order valence-electron chi connectivity index (χ1n) is 7.75. The van der Waals surface area contributed by atoms with Gasteiger partial charge in [0.05, 0.1) is 0 Å². The van der Waals surface area contributed by atoms with Crippen LogP contribution in [0.4, 0.5) is 0 Å². The molecule has 0 saturated heterocycles. The minimum absolute atomic E-state index is 0.290. The molecule has 144 valence electrons. The van der Waals surface area contributed by atoms with Gasteiger partial charge < -0.3 is 10.2 Å². The number of aryl methyl sites for hydroxylation is 2. The van der Waals surface area contributed by atoms with Crippen molar-refractivity contribution < 1.29 is 19.8 Å². The van der Waals surface area contributed by atoms with E-state index in [4.69, 9.17) is 33.4 Å². The maximum atomic E-state index is 10.7. The van der Waals surface area contributed by atoms with Gasteiger partial charge in [-0.25, -0.2) is 19.6 Å². The maximum Gasteiger partial charge on any atom is 0.345 e. The van der Waals surface area contributed by atoms with E-state index >= 15 is 0 Å². The lowest BCUT2D eigenvalue weighted by molar-refractivity contribution is 0.0691. The highest BCUT2D eigenvalue weighted by Crippen LogP contribution is 2.33. The number of fused-ring (bicyclic) bond motifs is 2. The molecule has 0 amide bonds. The second-order valence-corrected chi connectivity index (χ2v) is 8.60. The predicted molar refractivity (Wildman–Crippen MR) is 113 cm³/mol. The van der Waals surface area contributed by atoms with E-state index in [1.165, 1.54) is 22.7 Å². The van der Waals surface area contributed by atoms with Gasteiger partial charge in [0.2, 0.25) is 0 Å². The first kappa shape index (κ1) is 20.5. The van der Waals surface area contributed by atoms with Crippen LogP contribution < -0.4 is 0 Å². The summed E-state index contributed by atoms with van der Waals surface area (Å²) in [7, 11) is 0. The van der Waals surface area contributed by atoms with Crippen molar-refractivity contribution >= 4 is 78.0 Å². The van der Waals surface area contributed by atoms with Gasteiger partial charge >= 0.3 is 11.9 Å². The summed E-state index contributed by atoms with van der Waals surface area (Å²) in [5, 5.41) is 19.8. The normalized spacial score (nSPS) is 10.7. The Balaban J connectivity index is 0.000000161. The van der Waals surface area contributed by atoms with Crippen LogP contribution >= 0.6 is 45.9 Å². The van der Waals surface area contributed by atoms with Gasteiger partial charge in [-0.15, -0.1) is 22.7 Å². The third-order valence-electron chi connectivity index (χ3n) is 3.79. The van der Waals surface area contributed by atoms with E-state index in [0.717, 1.165) is 20.5 Å². The number of carboxylic acids is 2. The summed E-state index contributed by atoms with van der Waals surface area (Å²) in [4.78, 5) is 30.0. The van der Waals surface area contributed by atoms with Crippen molar-refractivity contribution in [2.24, 2.45) is 0 Å². The standard InChI is InChI=1S/2C9H6ClNO2S/c2*1-4-3-11-8(10)5-2-6(9(12)13)14-7(4)5/h2*2-3H,1H3,(H,12,13). The number of nitrogens with zero attached hydrogens (tertiary/aromatic N) is 2. The second kappa shape index (κ2) is 8.00. The Kier molecular flexibility index (Phi) is 5.85. The molecule has 28 heavy (non-hydrogen) atoms. The van der Waals surface area contributed by atoms with Crippen LogP contribution in [0.2, 0.25) is 10.3 Å². The van der Waals surface area contributed by atoms with Crippen molar-refractivity contribution in [1.29, 1.82) is 0 Å². The molecule has 0 atom stereocenters. The van der Waals surface area contributed by atoms with E-state index in [1.807, 2.05) is 13.8 Å². The summed E-state index contributed by atoms with van der Waals surface area (Å²) in [5.74, 6) is -1.86. The van der Waals surface area contributed by atoms with Crippen LogP contribution in [-0.4, -0.2) is 32.1 Å². The molecule has 0 aromatic carbocycles. The van der Waals surface area contributed by atoms with Gasteiger partial charge in [0.15, 0.2) is 0 Å². The number of carbonyl (C=O) groups is 2. The largest absolute Gasteiger partial charge is 0.477 e. The number of carboxylic acid groups (broad SMARTS) is 2.